The van der Waals surface area contributed by atoms with E-state index in [0.29, 0.717) is 6.10 Å². The highest BCUT2D eigenvalue weighted by atomic mass is 33.1. The first kappa shape index (κ1) is 9.75. The molecule has 0 aromatic heterocycles. The average Bonchev–Trinajstić information content (AvgIpc) is 2.37. The number of hydrogen-bond acceptors (Lipinski definition) is 3. The van der Waals surface area contributed by atoms with Crippen molar-refractivity contribution in [2.45, 2.75) is 38.0 Å². The van der Waals surface area contributed by atoms with Crippen molar-refractivity contribution < 1.29 is 4.74 Å². The van der Waals surface area contributed by atoms with Crippen molar-refractivity contribution in [3.8, 4) is 0 Å². The summed E-state index contributed by atoms with van der Waals surface area (Å²) in [4.78, 5) is 0. The lowest BCUT2D eigenvalue weighted by Crippen LogP contribution is -2.11. The summed E-state index contributed by atoms with van der Waals surface area (Å²) in [6, 6.07) is 0. The van der Waals surface area contributed by atoms with Crippen molar-refractivity contribution in [2.24, 2.45) is 0 Å². The second-order valence-corrected chi connectivity index (χ2v) is 5.55. The molecule has 1 nitrogen and oxygen atoms in total. The first-order valence-corrected chi connectivity index (χ1v) is 6.62. The first-order chi connectivity index (χ1) is 5.34. The molecule has 0 saturated carbocycles. The van der Waals surface area contributed by atoms with Crippen LogP contribution in [0.2, 0.25) is 0 Å². The predicted molar refractivity (Wildman–Crippen MR) is 54.2 cm³/mol. The maximum absolute atomic E-state index is 5.46. The van der Waals surface area contributed by atoms with E-state index in [1.54, 1.807) is 0 Å². The Bertz CT molecular complexity index is 108. The molecule has 2 atom stereocenters. The Morgan fingerprint density at radius 1 is 1.55 bits per heavy atom. The van der Waals surface area contributed by atoms with Crippen LogP contribution < -0.4 is 0 Å². The standard InChI is InChI=1S/C8H16OS2/c1-3-6-10-11-8-4-5-9-7(8)2/h7-8H,3-6H2,1-2H3. The highest BCUT2D eigenvalue weighted by molar-refractivity contribution is 8.76. The minimum absolute atomic E-state index is 0.476. The van der Waals surface area contributed by atoms with Gasteiger partial charge in [-0.2, -0.15) is 0 Å². The summed E-state index contributed by atoms with van der Waals surface area (Å²) in [5.74, 6) is 1.27. The quantitative estimate of drug-likeness (QED) is 0.500. The van der Waals surface area contributed by atoms with Crippen molar-refractivity contribution in [3.63, 3.8) is 0 Å². The van der Waals surface area contributed by atoms with Gasteiger partial charge in [-0.15, -0.1) is 0 Å². The van der Waals surface area contributed by atoms with Gasteiger partial charge < -0.3 is 4.74 Å². The Morgan fingerprint density at radius 2 is 2.36 bits per heavy atom. The van der Waals surface area contributed by atoms with Crippen molar-refractivity contribution in [2.75, 3.05) is 12.4 Å². The normalized spacial score (nSPS) is 31.1. The number of hydrogen-bond donors (Lipinski definition) is 0. The molecule has 0 spiro atoms. The van der Waals surface area contributed by atoms with E-state index in [4.69, 9.17) is 4.74 Å². The topological polar surface area (TPSA) is 9.23 Å². The van der Waals surface area contributed by atoms with Gasteiger partial charge in [0.1, 0.15) is 0 Å². The van der Waals surface area contributed by atoms with E-state index in [2.05, 4.69) is 13.8 Å². The third kappa shape index (κ3) is 3.26. The molecule has 1 aliphatic rings. The zero-order valence-corrected chi connectivity index (χ0v) is 8.84. The lowest BCUT2D eigenvalue weighted by atomic mass is 10.3. The molecule has 0 radical (unpaired) electrons. The van der Waals surface area contributed by atoms with Crippen LogP contribution in [0.4, 0.5) is 0 Å². The monoisotopic (exact) mass is 192 g/mol. The van der Waals surface area contributed by atoms with Crippen LogP contribution in [-0.4, -0.2) is 23.7 Å². The van der Waals surface area contributed by atoms with Gasteiger partial charge in [-0.05, 0) is 19.8 Å². The smallest absolute Gasteiger partial charge is 0.0674 e. The van der Waals surface area contributed by atoms with Crippen LogP contribution in [0.1, 0.15) is 26.7 Å². The SMILES string of the molecule is CCCSSC1CCOC1C. The highest BCUT2D eigenvalue weighted by Gasteiger charge is 2.24. The molecular weight excluding hydrogens is 176 g/mol. The Kier molecular flexibility index (Phi) is 4.72. The number of rotatable bonds is 4. The fourth-order valence-corrected chi connectivity index (χ4v) is 3.99. The largest absolute Gasteiger partial charge is 0.377 e. The highest BCUT2D eigenvalue weighted by Crippen LogP contribution is 2.35. The summed E-state index contributed by atoms with van der Waals surface area (Å²) in [6.07, 6.45) is 2.99. The zero-order chi connectivity index (χ0) is 8.10. The Morgan fingerprint density at radius 3 is 2.91 bits per heavy atom. The molecule has 3 heteroatoms. The summed E-state index contributed by atoms with van der Waals surface area (Å²) in [5.41, 5.74) is 0. The Hall–Kier alpha value is 0.660. The average molecular weight is 192 g/mol. The van der Waals surface area contributed by atoms with Gasteiger partial charge in [-0.1, -0.05) is 28.5 Å². The van der Waals surface area contributed by atoms with Crippen LogP contribution in [0.5, 0.6) is 0 Å². The summed E-state index contributed by atoms with van der Waals surface area (Å²) in [6.45, 7) is 5.37. The maximum atomic E-state index is 5.46. The fourth-order valence-electron chi connectivity index (χ4n) is 1.06. The second-order valence-electron chi connectivity index (χ2n) is 2.82. The van der Waals surface area contributed by atoms with E-state index in [1.165, 1.54) is 18.6 Å². The van der Waals surface area contributed by atoms with Crippen LogP contribution in [0.25, 0.3) is 0 Å². The van der Waals surface area contributed by atoms with Crippen LogP contribution >= 0.6 is 21.6 Å². The molecule has 0 bridgehead atoms. The molecule has 0 amide bonds. The van der Waals surface area contributed by atoms with Crippen molar-refractivity contribution in [1.29, 1.82) is 0 Å². The van der Waals surface area contributed by atoms with Crippen LogP contribution in [0.15, 0.2) is 0 Å². The van der Waals surface area contributed by atoms with Crippen LogP contribution in [0, 0.1) is 0 Å². The lowest BCUT2D eigenvalue weighted by molar-refractivity contribution is 0.127. The summed E-state index contributed by atoms with van der Waals surface area (Å²) in [7, 11) is 4.00. The minimum Gasteiger partial charge on any atom is -0.377 e. The number of ether oxygens (including phenoxy) is 1. The lowest BCUT2D eigenvalue weighted by Gasteiger charge is -2.11. The molecule has 1 fully saturated rings. The van der Waals surface area contributed by atoms with Gasteiger partial charge in [0.15, 0.2) is 0 Å². The Balaban J connectivity index is 2.05. The van der Waals surface area contributed by atoms with Gasteiger partial charge in [0, 0.05) is 17.6 Å². The second kappa shape index (κ2) is 5.33. The summed E-state index contributed by atoms with van der Waals surface area (Å²) >= 11 is 0. The molecule has 0 aliphatic carbocycles. The molecule has 1 aliphatic heterocycles. The fraction of sp³-hybridized carbons (Fsp3) is 1.00. The molecule has 1 rings (SSSR count). The van der Waals surface area contributed by atoms with Gasteiger partial charge in [0.05, 0.1) is 6.10 Å². The van der Waals surface area contributed by atoms with Gasteiger partial charge in [0.2, 0.25) is 0 Å². The van der Waals surface area contributed by atoms with Gasteiger partial charge in [0.25, 0.3) is 0 Å². The molecule has 0 aromatic rings. The first-order valence-electron chi connectivity index (χ1n) is 4.24. The summed E-state index contributed by atoms with van der Waals surface area (Å²) < 4.78 is 5.46. The van der Waals surface area contributed by atoms with E-state index >= 15 is 0 Å². The van der Waals surface area contributed by atoms with Crippen molar-refractivity contribution in [3.05, 3.63) is 0 Å². The van der Waals surface area contributed by atoms with E-state index in [1.807, 2.05) is 21.6 Å². The third-order valence-electron chi connectivity index (χ3n) is 1.79. The van der Waals surface area contributed by atoms with E-state index < -0.39 is 0 Å². The maximum Gasteiger partial charge on any atom is 0.0674 e. The van der Waals surface area contributed by atoms with E-state index in [0.717, 1.165) is 11.9 Å². The summed E-state index contributed by atoms with van der Waals surface area (Å²) in [5, 5.41) is 0.742. The molecule has 1 saturated heterocycles. The van der Waals surface area contributed by atoms with Gasteiger partial charge >= 0.3 is 0 Å². The van der Waals surface area contributed by atoms with Gasteiger partial charge in [-0.25, -0.2) is 0 Å². The predicted octanol–water partition coefficient (Wildman–Crippen LogP) is 2.96. The Labute approximate surface area is 77.0 Å². The van der Waals surface area contributed by atoms with E-state index in [9.17, 15) is 0 Å². The van der Waals surface area contributed by atoms with Crippen molar-refractivity contribution >= 4 is 21.6 Å². The minimum atomic E-state index is 0.476. The molecular formula is C8H16OS2. The van der Waals surface area contributed by atoms with Gasteiger partial charge in [-0.3, -0.25) is 0 Å². The van der Waals surface area contributed by atoms with Crippen LogP contribution in [-0.2, 0) is 4.74 Å². The molecule has 11 heavy (non-hydrogen) atoms. The van der Waals surface area contributed by atoms with Crippen LogP contribution in [0.3, 0.4) is 0 Å². The zero-order valence-electron chi connectivity index (χ0n) is 7.21. The third-order valence-corrected chi connectivity index (χ3v) is 5.01. The molecule has 0 aromatic carbocycles. The molecule has 2 unspecified atom stereocenters. The molecule has 1 heterocycles. The molecule has 66 valence electrons. The molecule has 0 N–H and O–H groups in total. The van der Waals surface area contributed by atoms with E-state index in [-0.39, 0.29) is 0 Å². The van der Waals surface area contributed by atoms with Crippen molar-refractivity contribution in [1.82, 2.24) is 0 Å².